The molecule has 0 aliphatic heterocycles. The summed E-state index contributed by atoms with van der Waals surface area (Å²) in [6, 6.07) is 19.6. The van der Waals surface area contributed by atoms with Crippen molar-refractivity contribution in [2.75, 3.05) is 0 Å². The molecule has 0 amide bonds. The van der Waals surface area contributed by atoms with Crippen LogP contribution in [0.15, 0.2) is 66.7 Å². The highest BCUT2D eigenvalue weighted by atomic mass is 15.1. The first-order chi connectivity index (χ1) is 12.4. The lowest BCUT2D eigenvalue weighted by atomic mass is 10.0. The molecule has 2 aliphatic carbocycles. The fraction of sp³-hybridized carbons (Fsp3) is 0.174. The summed E-state index contributed by atoms with van der Waals surface area (Å²) in [6.07, 6.45) is 8.63. The van der Waals surface area contributed by atoms with Crippen molar-refractivity contribution in [3.05, 3.63) is 100 Å². The zero-order chi connectivity index (χ0) is 16.6. The van der Waals surface area contributed by atoms with Crippen LogP contribution in [0.2, 0.25) is 0 Å². The molecule has 122 valence electrons. The van der Waals surface area contributed by atoms with Crippen molar-refractivity contribution in [1.82, 2.24) is 10.2 Å². The molecule has 3 aromatic rings. The van der Waals surface area contributed by atoms with Gasteiger partial charge in [-0.05, 0) is 52.3 Å². The van der Waals surface area contributed by atoms with E-state index in [1.54, 1.807) is 0 Å². The van der Waals surface area contributed by atoms with Gasteiger partial charge in [-0.2, -0.15) is 5.10 Å². The lowest BCUT2D eigenvalue weighted by Crippen LogP contribution is -1.90. The molecule has 1 heterocycles. The molecule has 0 spiro atoms. The normalized spacial score (nSPS) is 14.9. The molecule has 0 saturated heterocycles. The molecule has 2 heteroatoms. The number of aromatic nitrogens is 2. The van der Waals surface area contributed by atoms with Crippen LogP contribution < -0.4 is 0 Å². The number of aromatic amines is 1. The van der Waals surface area contributed by atoms with Crippen LogP contribution in [0.25, 0.3) is 11.1 Å². The van der Waals surface area contributed by atoms with E-state index in [0.29, 0.717) is 0 Å². The smallest absolute Gasteiger partial charge is 0.0668 e. The van der Waals surface area contributed by atoms with Gasteiger partial charge < -0.3 is 0 Å². The highest BCUT2D eigenvalue weighted by Crippen LogP contribution is 2.31. The minimum absolute atomic E-state index is 0.906. The molecule has 1 N–H and O–H groups in total. The first-order valence-electron chi connectivity index (χ1n) is 8.94. The van der Waals surface area contributed by atoms with Gasteiger partial charge in [-0.15, -0.1) is 0 Å². The third-order valence-electron chi connectivity index (χ3n) is 5.30. The van der Waals surface area contributed by atoms with E-state index in [0.717, 1.165) is 31.4 Å². The molecule has 0 unspecified atom stereocenters. The molecule has 2 aliphatic rings. The highest BCUT2D eigenvalue weighted by Gasteiger charge is 2.17. The fourth-order valence-corrected chi connectivity index (χ4v) is 4.03. The number of allylic oxidation sites excluding steroid dienone is 4. The second kappa shape index (κ2) is 5.89. The van der Waals surface area contributed by atoms with Crippen LogP contribution in [0, 0.1) is 0 Å². The summed E-state index contributed by atoms with van der Waals surface area (Å²) in [5.74, 6) is 0. The summed E-state index contributed by atoms with van der Waals surface area (Å²) < 4.78 is 0. The molecule has 0 saturated carbocycles. The topological polar surface area (TPSA) is 28.7 Å². The van der Waals surface area contributed by atoms with E-state index in [2.05, 4.69) is 76.9 Å². The van der Waals surface area contributed by atoms with Crippen molar-refractivity contribution in [1.29, 1.82) is 0 Å². The Bertz CT molecular complexity index is 924. The van der Waals surface area contributed by atoms with E-state index in [1.807, 2.05) is 0 Å². The summed E-state index contributed by atoms with van der Waals surface area (Å²) in [5, 5.41) is 7.80. The van der Waals surface area contributed by atoms with E-state index in [-0.39, 0.29) is 0 Å². The molecule has 1 aromatic heterocycles. The number of benzene rings is 2. The molecule has 0 fully saturated rings. The number of hydrogen-bond acceptors (Lipinski definition) is 1. The largest absolute Gasteiger partial charge is 0.282 e. The second-order valence-corrected chi connectivity index (χ2v) is 6.92. The van der Waals surface area contributed by atoms with Gasteiger partial charge in [0.1, 0.15) is 0 Å². The zero-order valence-electron chi connectivity index (χ0n) is 14.1. The third-order valence-corrected chi connectivity index (χ3v) is 5.30. The van der Waals surface area contributed by atoms with E-state index in [9.17, 15) is 0 Å². The van der Waals surface area contributed by atoms with Crippen LogP contribution >= 0.6 is 0 Å². The van der Waals surface area contributed by atoms with Crippen LogP contribution in [0.3, 0.4) is 0 Å². The lowest BCUT2D eigenvalue weighted by Gasteiger charge is -2.04. The fourth-order valence-electron chi connectivity index (χ4n) is 4.03. The Morgan fingerprint density at radius 1 is 0.760 bits per heavy atom. The van der Waals surface area contributed by atoms with Crippen LogP contribution in [0.1, 0.15) is 33.6 Å². The van der Waals surface area contributed by atoms with Gasteiger partial charge in [-0.25, -0.2) is 0 Å². The predicted octanol–water partition coefficient (Wildman–Crippen LogP) is 4.77. The molecule has 0 bridgehead atoms. The maximum Gasteiger partial charge on any atom is 0.0668 e. The van der Waals surface area contributed by atoms with Crippen LogP contribution in [0.4, 0.5) is 0 Å². The minimum Gasteiger partial charge on any atom is -0.282 e. The van der Waals surface area contributed by atoms with Crippen LogP contribution in [-0.2, 0) is 25.7 Å². The summed E-state index contributed by atoms with van der Waals surface area (Å²) >= 11 is 0. The molecule has 0 radical (unpaired) electrons. The first kappa shape index (κ1) is 14.5. The Kier molecular flexibility index (Phi) is 3.41. The average Bonchev–Trinajstić information content (AvgIpc) is 3.36. The Balaban J connectivity index is 1.32. The van der Waals surface area contributed by atoms with Gasteiger partial charge in [0, 0.05) is 18.5 Å². The summed E-state index contributed by atoms with van der Waals surface area (Å²) in [4.78, 5) is 0. The summed E-state index contributed by atoms with van der Waals surface area (Å²) in [7, 11) is 0. The molecule has 2 aromatic carbocycles. The van der Waals surface area contributed by atoms with Gasteiger partial charge in [-0.3, -0.25) is 5.10 Å². The van der Waals surface area contributed by atoms with Crippen LogP contribution in [0.5, 0.6) is 0 Å². The Hall–Kier alpha value is -2.87. The monoisotopic (exact) mass is 324 g/mol. The molecule has 0 atom stereocenters. The third kappa shape index (κ3) is 2.64. The summed E-state index contributed by atoms with van der Waals surface area (Å²) in [6.45, 7) is 0. The van der Waals surface area contributed by atoms with Crippen molar-refractivity contribution in [3.63, 3.8) is 0 Å². The number of hydrogen-bond donors (Lipinski definition) is 1. The van der Waals surface area contributed by atoms with E-state index >= 15 is 0 Å². The lowest BCUT2D eigenvalue weighted by molar-refractivity contribution is 0.980. The van der Waals surface area contributed by atoms with Crippen molar-refractivity contribution in [2.24, 2.45) is 0 Å². The first-order valence-corrected chi connectivity index (χ1v) is 8.94. The number of rotatable bonds is 4. The van der Waals surface area contributed by atoms with Crippen molar-refractivity contribution in [3.8, 4) is 0 Å². The molecule has 5 rings (SSSR count). The molecular weight excluding hydrogens is 304 g/mol. The van der Waals surface area contributed by atoms with Gasteiger partial charge in [0.05, 0.1) is 5.69 Å². The van der Waals surface area contributed by atoms with Gasteiger partial charge in [-0.1, -0.05) is 60.7 Å². The quantitative estimate of drug-likeness (QED) is 0.735. The minimum atomic E-state index is 0.906. The second-order valence-electron chi connectivity index (χ2n) is 6.92. The number of nitrogens with zero attached hydrogens (tertiary/aromatic N) is 1. The Morgan fingerprint density at radius 2 is 1.36 bits per heavy atom. The maximum atomic E-state index is 4.56. The van der Waals surface area contributed by atoms with Crippen molar-refractivity contribution in [2.45, 2.75) is 25.7 Å². The van der Waals surface area contributed by atoms with Gasteiger partial charge in [0.15, 0.2) is 0 Å². The van der Waals surface area contributed by atoms with E-state index in [4.69, 9.17) is 0 Å². The van der Waals surface area contributed by atoms with Gasteiger partial charge in [0.25, 0.3) is 0 Å². The number of H-pyrrole nitrogens is 1. The predicted molar refractivity (Wildman–Crippen MR) is 102 cm³/mol. The number of fused-ring (bicyclic) bond motifs is 2. The van der Waals surface area contributed by atoms with Crippen molar-refractivity contribution < 1.29 is 0 Å². The van der Waals surface area contributed by atoms with E-state index in [1.165, 1.54) is 39.1 Å². The molecule has 25 heavy (non-hydrogen) atoms. The van der Waals surface area contributed by atoms with Gasteiger partial charge >= 0.3 is 0 Å². The summed E-state index contributed by atoms with van der Waals surface area (Å²) in [5.41, 5.74) is 10.8. The SMILES string of the molecule is C1=C(Cc2cc(CC3=CCc4ccccc43)[nH]n2)c2ccccc2C1. The van der Waals surface area contributed by atoms with E-state index < -0.39 is 0 Å². The zero-order valence-corrected chi connectivity index (χ0v) is 14.1. The average molecular weight is 324 g/mol. The molecule has 2 nitrogen and oxygen atoms in total. The van der Waals surface area contributed by atoms with Gasteiger partial charge in [0.2, 0.25) is 0 Å². The van der Waals surface area contributed by atoms with Crippen molar-refractivity contribution >= 4 is 11.1 Å². The maximum absolute atomic E-state index is 4.56. The number of nitrogens with one attached hydrogen (secondary N) is 1. The Morgan fingerprint density at radius 3 is 2.04 bits per heavy atom. The van der Waals surface area contributed by atoms with Crippen LogP contribution in [-0.4, -0.2) is 10.2 Å². The highest BCUT2D eigenvalue weighted by molar-refractivity contribution is 5.75. The Labute approximate surface area is 147 Å². The standard InChI is InChI=1S/C23H20N2/c1-3-7-22-16(5-1)9-11-18(22)13-20-15-21(25-24-20)14-19-12-10-17-6-2-4-8-23(17)19/h1-8,11-12,15H,9-10,13-14H2,(H,24,25). The molecular formula is C23H20N2.